The van der Waals surface area contributed by atoms with Gasteiger partial charge in [-0.25, -0.2) is 4.98 Å². The number of carbonyl (C=O) groups excluding carboxylic acids is 1. The first-order valence-corrected chi connectivity index (χ1v) is 6.98. The molecule has 1 atom stereocenters. The summed E-state index contributed by atoms with van der Waals surface area (Å²) < 4.78 is 8.90. The van der Waals surface area contributed by atoms with Crippen LogP contribution in [0.5, 0.6) is 0 Å². The van der Waals surface area contributed by atoms with Crippen LogP contribution in [0.2, 0.25) is 0 Å². The molecule has 4 heterocycles. The third-order valence-electron chi connectivity index (χ3n) is 3.77. The molecule has 0 aliphatic carbocycles. The largest absolute Gasteiger partial charge is 0.354 e. The van der Waals surface area contributed by atoms with Gasteiger partial charge >= 0.3 is 0 Å². The van der Waals surface area contributed by atoms with E-state index in [0.29, 0.717) is 11.5 Å². The molecule has 3 aromatic rings. The minimum absolute atomic E-state index is 0.0370. The average molecular weight is 298 g/mol. The van der Waals surface area contributed by atoms with Gasteiger partial charge in [0.2, 0.25) is 0 Å². The van der Waals surface area contributed by atoms with Gasteiger partial charge in [-0.15, -0.1) is 0 Å². The minimum atomic E-state index is -0.259. The van der Waals surface area contributed by atoms with Crippen molar-refractivity contribution in [1.29, 1.82) is 0 Å². The van der Waals surface area contributed by atoms with Gasteiger partial charge in [0.05, 0.1) is 24.3 Å². The van der Waals surface area contributed by atoms with Gasteiger partial charge < -0.3 is 14.4 Å². The van der Waals surface area contributed by atoms with Crippen LogP contribution in [-0.4, -0.2) is 30.4 Å². The van der Waals surface area contributed by atoms with Crippen LogP contribution >= 0.6 is 0 Å². The van der Waals surface area contributed by atoms with Crippen LogP contribution in [0.1, 0.15) is 28.6 Å². The van der Waals surface area contributed by atoms with Gasteiger partial charge in [0.1, 0.15) is 5.69 Å². The molecule has 0 bridgehead atoms. The molecule has 8 heteroatoms. The van der Waals surface area contributed by atoms with Crippen molar-refractivity contribution in [3.05, 3.63) is 42.2 Å². The van der Waals surface area contributed by atoms with E-state index in [0.717, 1.165) is 18.7 Å². The zero-order valence-electron chi connectivity index (χ0n) is 11.9. The molecular formula is C14H14N6O2. The highest BCUT2D eigenvalue weighted by Gasteiger charge is 2.26. The number of carbonyl (C=O) groups is 1. The zero-order valence-corrected chi connectivity index (χ0v) is 11.9. The Kier molecular flexibility index (Phi) is 2.81. The lowest BCUT2D eigenvalue weighted by atomic mass is 10.2. The number of hydrogen-bond donors (Lipinski definition) is 1. The number of imidazole rings is 1. The fourth-order valence-corrected chi connectivity index (χ4v) is 2.65. The third-order valence-corrected chi connectivity index (χ3v) is 3.77. The Bertz CT molecular complexity index is 830. The predicted molar refractivity (Wildman–Crippen MR) is 75.8 cm³/mol. The summed E-state index contributed by atoms with van der Waals surface area (Å²) in [5, 5.41) is 11.0. The molecule has 1 unspecified atom stereocenters. The van der Waals surface area contributed by atoms with Crippen molar-refractivity contribution in [1.82, 2.24) is 29.8 Å². The molecule has 1 aliphatic rings. The number of rotatable bonds is 3. The summed E-state index contributed by atoms with van der Waals surface area (Å²) >= 11 is 0. The lowest BCUT2D eigenvalue weighted by Gasteiger charge is -2.09. The van der Waals surface area contributed by atoms with E-state index < -0.39 is 0 Å². The number of aromatic nitrogens is 5. The number of aryl methyl sites for hydroxylation is 2. The Morgan fingerprint density at radius 3 is 3.23 bits per heavy atom. The molecule has 0 radical (unpaired) electrons. The summed E-state index contributed by atoms with van der Waals surface area (Å²) in [5.41, 5.74) is 1.91. The van der Waals surface area contributed by atoms with Gasteiger partial charge in [-0.2, -0.15) is 5.10 Å². The van der Waals surface area contributed by atoms with E-state index in [-0.39, 0.29) is 17.6 Å². The fourth-order valence-electron chi connectivity index (χ4n) is 2.65. The quantitative estimate of drug-likeness (QED) is 0.783. The molecule has 0 aromatic carbocycles. The fraction of sp³-hybridized carbons (Fsp3) is 0.286. The summed E-state index contributed by atoms with van der Waals surface area (Å²) in [7, 11) is 1.82. The molecule has 0 spiro atoms. The number of hydrogen-bond acceptors (Lipinski definition) is 5. The van der Waals surface area contributed by atoms with E-state index in [1.165, 1.54) is 0 Å². The lowest BCUT2D eigenvalue weighted by molar-refractivity contribution is 0.0927. The molecule has 0 fully saturated rings. The van der Waals surface area contributed by atoms with Crippen molar-refractivity contribution in [2.75, 3.05) is 0 Å². The Hall–Kier alpha value is -2.90. The Morgan fingerprint density at radius 1 is 1.50 bits per heavy atom. The zero-order chi connectivity index (χ0) is 15.1. The van der Waals surface area contributed by atoms with Crippen molar-refractivity contribution in [3.63, 3.8) is 0 Å². The van der Waals surface area contributed by atoms with Gasteiger partial charge in [-0.1, -0.05) is 5.16 Å². The second-order valence-electron chi connectivity index (χ2n) is 5.28. The van der Waals surface area contributed by atoms with Crippen LogP contribution in [0.4, 0.5) is 0 Å². The van der Waals surface area contributed by atoms with Crippen LogP contribution in [0.15, 0.2) is 35.4 Å². The summed E-state index contributed by atoms with van der Waals surface area (Å²) in [4.78, 5) is 16.4. The molecule has 22 heavy (non-hydrogen) atoms. The first kappa shape index (κ1) is 12.8. The lowest BCUT2D eigenvalue weighted by Crippen LogP contribution is -2.27. The Balaban J connectivity index is 1.51. The van der Waals surface area contributed by atoms with E-state index in [1.54, 1.807) is 35.5 Å². The maximum absolute atomic E-state index is 12.3. The average Bonchev–Trinajstić information content (AvgIpc) is 3.22. The second-order valence-corrected chi connectivity index (χ2v) is 5.28. The van der Waals surface area contributed by atoms with Crippen LogP contribution in [0.3, 0.4) is 0 Å². The summed E-state index contributed by atoms with van der Waals surface area (Å²) in [5.74, 6) is 0.216. The van der Waals surface area contributed by atoms with Crippen LogP contribution < -0.4 is 5.32 Å². The molecule has 1 amide bonds. The highest BCUT2D eigenvalue weighted by Crippen LogP contribution is 2.25. The van der Waals surface area contributed by atoms with E-state index >= 15 is 0 Å². The molecule has 4 rings (SSSR count). The van der Waals surface area contributed by atoms with Crippen LogP contribution in [0, 0.1) is 0 Å². The van der Waals surface area contributed by atoms with Gasteiger partial charge in [-0.3, -0.25) is 9.48 Å². The second kappa shape index (κ2) is 4.83. The smallest absolute Gasteiger partial charge is 0.274 e. The van der Waals surface area contributed by atoms with Crippen molar-refractivity contribution in [2.24, 2.45) is 7.05 Å². The SMILES string of the molecule is Cn1ccc(-c2cc(C(=O)NC3CCn4cncc43)no2)n1. The summed E-state index contributed by atoms with van der Waals surface area (Å²) in [6, 6.07) is 3.37. The highest BCUT2D eigenvalue weighted by molar-refractivity contribution is 5.93. The first-order chi connectivity index (χ1) is 10.7. The number of nitrogens with zero attached hydrogens (tertiary/aromatic N) is 5. The van der Waals surface area contributed by atoms with E-state index in [2.05, 4.69) is 20.6 Å². The van der Waals surface area contributed by atoms with Crippen molar-refractivity contribution in [3.8, 4) is 11.5 Å². The van der Waals surface area contributed by atoms with Crippen LogP contribution in [0.25, 0.3) is 11.5 Å². The Labute approximate surface area is 125 Å². The van der Waals surface area contributed by atoms with Crippen molar-refractivity contribution in [2.45, 2.75) is 19.0 Å². The van der Waals surface area contributed by atoms with Gasteiger partial charge in [0.25, 0.3) is 5.91 Å². The maximum atomic E-state index is 12.3. The van der Waals surface area contributed by atoms with E-state index in [4.69, 9.17) is 4.52 Å². The predicted octanol–water partition coefficient (Wildman–Crippen LogP) is 1.15. The third kappa shape index (κ3) is 2.09. The number of nitrogens with one attached hydrogen (secondary N) is 1. The molecule has 3 aromatic heterocycles. The van der Waals surface area contributed by atoms with Crippen molar-refractivity contribution < 1.29 is 9.32 Å². The molecule has 0 saturated carbocycles. The van der Waals surface area contributed by atoms with Gasteiger partial charge in [-0.05, 0) is 12.5 Å². The standard InChI is InChI=1S/C14H14N6O2/c1-19-4-2-10(17-19)13-6-11(18-22-13)14(21)16-9-3-5-20-8-15-7-12(9)20/h2,4,6-9H,3,5H2,1H3,(H,16,21). The van der Waals surface area contributed by atoms with Gasteiger partial charge in [0, 0.05) is 25.9 Å². The maximum Gasteiger partial charge on any atom is 0.274 e. The molecular weight excluding hydrogens is 284 g/mol. The molecule has 112 valence electrons. The summed E-state index contributed by atoms with van der Waals surface area (Å²) in [6.45, 7) is 0.859. The van der Waals surface area contributed by atoms with E-state index in [9.17, 15) is 4.79 Å². The van der Waals surface area contributed by atoms with Crippen molar-refractivity contribution >= 4 is 5.91 Å². The highest BCUT2D eigenvalue weighted by atomic mass is 16.5. The molecule has 1 aliphatic heterocycles. The summed E-state index contributed by atoms with van der Waals surface area (Å²) in [6.07, 6.45) is 6.21. The van der Waals surface area contributed by atoms with E-state index in [1.807, 2.05) is 11.6 Å². The number of fused-ring (bicyclic) bond motifs is 1. The van der Waals surface area contributed by atoms with Crippen LogP contribution in [-0.2, 0) is 13.6 Å². The topological polar surface area (TPSA) is 90.8 Å². The first-order valence-electron chi connectivity index (χ1n) is 6.98. The normalized spacial score (nSPS) is 16.7. The molecule has 1 N–H and O–H groups in total. The van der Waals surface area contributed by atoms with Gasteiger partial charge in [0.15, 0.2) is 11.5 Å². The number of amides is 1. The monoisotopic (exact) mass is 298 g/mol. The Morgan fingerprint density at radius 2 is 2.41 bits per heavy atom. The minimum Gasteiger partial charge on any atom is -0.354 e. The molecule has 0 saturated heterocycles. The molecule has 8 nitrogen and oxygen atoms in total.